The second kappa shape index (κ2) is 8.72. The van der Waals surface area contributed by atoms with Gasteiger partial charge >= 0.3 is 0 Å². The van der Waals surface area contributed by atoms with E-state index in [-0.39, 0.29) is 0 Å². The Kier molecular flexibility index (Phi) is 6.92. The largest absolute Gasteiger partial charge is 0.457 e. The highest BCUT2D eigenvalue weighted by Gasteiger charge is 2.08. The van der Waals surface area contributed by atoms with Crippen molar-refractivity contribution < 1.29 is 4.74 Å². The molecule has 0 aliphatic carbocycles. The summed E-state index contributed by atoms with van der Waals surface area (Å²) in [5, 5.41) is 0.697. The molecule has 0 heterocycles. The molecular formula is C19H22ClIN2O. The minimum atomic E-state index is 0.697. The van der Waals surface area contributed by atoms with Gasteiger partial charge in [-0.25, -0.2) is 4.99 Å². The van der Waals surface area contributed by atoms with Crippen LogP contribution in [0, 0.1) is 17.4 Å². The van der Waals surface area contributed by atoms with E-state index in [9.17, 15) is 0 Å². The third-order valence-electron chi connectivity index (χ3n) is 3.78. The van der Waals surface area contributed by atoms with Crippen molar-refractivity contribution in [2.24, 2.45) is 4.99 Å². The SMILES string of the molecule is CCN(C=Nc1cc(C)c(Oc2ccc(I)c(Cl)c2)cc1C)CC. The number of hydrogen-bond acceptors (Lipinski definition) is 2. The van der Waals surface area contributed by atoms with Crippen molar-refractivity contribution in [2.45, 2.75) is 27.7 Å². The maximum Gasteiger partial charge on any atom is 0.130 e. The molecule has 5 heteroatoms. The van der Waals surface area contributed by atoms with Crippen LogP contribution in [0.4, 0.5) is 5.69 Å². The number of rotatable bonds is 6. The zero-order valence-electron chi connectivity index (χ0n) is 14.4. The van der Waals surface area contributed by atoms with Gasteiger partial charge in [0.15, 0.2) is 0 Å². The average molecular weight is 457 g/mol. The summed E-state index contributed by atoms with van der Waals surface area (Å²) < 4.78 is 7.01. The van der Waals surface area contributed by atoms with Gasteiger partial charge in [0, 0.05) is 22.7 Å². The van der Waals surface area contributed by atoms with Crippen molar-refractivity contribution in [3.05, 3.63) is 50.1 Å². The highest BCUT2D eigenvalue weighted by atomic mass is 127. The van der Waals surface area contributed by atoms with Gasteiger partial charge in [0.1, 0.15) is 11.5 Å². The molecule has 2 aromatic rings. The lowest BCUT2D eigenvalue weighted by Gasteiger charge is -2.15. The molecule has 0 amide bonds. The second-order valence-electron chi connectivity index (χ2n) is 5.55. The maximum atomic E-state index is 6.16. The van der Waals surface area contributed by atoms with Crippen LogP contribution in [0.2, 0.25) is 5.02 Å². The quantitative estimate of drug-likeness (QED) is 0.287. The first-order valence-corrected chi connectivity index (χ1v) is 9.42. The molecule has 0 saturated carbocycles. The lowest BCUT2D eigenvalue weighted by molar-refractivity contribution is 0.477. The number of hydrogen-bond donors (Lipinski definition) is 0. The number of aliphatic imine (C=N–C) groups is 1. The fourth-order valence-electron chi connectivity index (χ4n) is 2.22. The average Bonchev–Trinajstić information content (AvgIpc) is 2.56. The Labute approximate surface area is 162 Å². The molecule has 3 nitrogen and oxygen atoms in total. The zero-order valence-corrected chi connectivity index (χ0v) is 17.4. The Bertz CT molecular complexity index is 742. The van der Waals surface area contributed by atoms with Crippen LogP contribution < -0.4 is 4.74 Å². The molecule has 0 aromatic heterocycles. The smallest absolute Gasteiger partial charge is 0.130 e. The summed E-state index contributed by atoms with van der Waals surface area (Å²) in [6.45, 7) is 10.2. The van der Waals surface area contributed by atoms with Gasteiger partial charge in [0.25, 0.3) is 0 Å². The van der Waals surface area contributed by atoms with E-state index < -0.39 is 0 Å². The molecule has 0 aliphatic rings. The lowest BCUT2D eigenvalue weighted by atomic mass is 10.1. The zero-order chi connectivity index (χ0) is 17.7. The number of aryl methyl sites for hydroxylation is 2. The molecule has 2 rings (SSSR count). The van der Waals surface area contributed by atoms with Gasteiger partial charge in [-0.2, -0.15) is 0 Å². The second-order valence-corrected chi connectivity index (χ2v) is 7.12. The van der Waals surface area contributed by atoms with Crippen LogP contribution in [0.3, 0.4) is 0 Å². The van der Waals surface area contributed by atoms with E-state index in [1.807, 2.05) is 44.5 Å². The Morgan fingerprint density at radius 3 is 2.46 bits per heavy atom. The normalized spacial score (nSPS) is 11.1. The van der Waals surface area contributed by atoms with Crippen molar-refractivity contribution in [3.63, 3.8) is 0 Å². The van der Waals surface area contributed by atoms with Crippen molar-refractivity contribution in [1.29, 1.82) is 0 Å². The molecule has 0 radical (unpaired) electrons. The van der Waals surface area contributed by atoms with Gasteiger partial charge in [-0.3, -0.25) is 0 Å². The van der Waals surface area contributed by atoms with E-state index in [0.29, 0.717) is 5.02 Å². The van der Waals surface area contributed by atoms with Crippen LogP contribution in [0.1, 0.15) is 25.0 Å². The van der Waals surface area contributed by atoms with Crippen LogP contribution >= 0.6 is 34.2 Å². The highest BCUT2D eigenvalue weighted by Crippen LogP contribution is 2.33. The molecule has 0 spiro atoms. The maximum absolute atomic E-state index is 6.16. The third kappa shape index (κ3) is 4.86. The summed E-state index contributed by atoms with van der Waals surface area (Å²) >= 11 is 8.36. The van der Waals surface area contributed by atoms with Gasteiger partial charge in [-0.1, -0.05) is 11.6 Å². The van der Waals surface area contributed by atoms with E-state index >= 15 is 0 Å². The summed E-state index contributed by atoms with van der Waals surface area (Å²) in [5.74, 6) is 1.56. The Morgan fingerprint density at radius 1 is 1.12 bits per heavy atom. The van der Waals surface area contributed by atoms with Gasteiger partial charge in [0.2, 0.25) is 0 Å². The number of halogens is 2. The van der Waals surface area contributed by atoms with Crippen LogP contribution in [-0.4, -0.2) is 24.3 Å². The Morgan fingerprint density at radius 2 is 1.83 bits per heavy atom. The first-order valence-electron chi connectivity index (χ1n) is 7.97. The van der Waals surface area contributed by atoms with Gasteiger partial charge in [-0.05, 0) is 85.7 Å². The topological polar surface area (TPSA) is 24.8 Å². The molecule has 0 fully saturated rings. The predicted octanol–water partition coefficient (Wildman–Crippen LogP) is 6.36. The molecule has 2 aromatic carbocycles. The molecule has 0 atom stereocenters. The van der Waals surface area contributed by atoms with E-state index in [1.165, 1.54) is 0 Å². The molecule has 0 bridgehead atoms. The molecule has 24 heavy (non-hydrogen) atoms. The Hall–Kier alpha value is -1.27. The summed E-state index contributed by atoms with van der Waals surface area (Å²) in [7, 11) is 0. The van der Waals surface area contributed by atoms with Crippen LogP contribution in [0.25, 0.3) is 0 Å². The minimum absolute atomic E-state index is 0.697. The molecule has 0 aliphatic heterocycles. The van der Waals surface area contributed by atoms with Gasteiger partial charge < -0.3 is 9.64 Å². The van der Waals surface area contributed by atoms with Crippen LogP contribution in [0.15, 0.2) is 35.3 Å². The number of nitrogens with zero attached hydrogens (tertiary/aromatic N) is 2. The van der Waals surface area contributed by atoms with Crippen molar-refractivity contribution in [3.8, 4) is 11.5 Å². The molecule has 0 N–H and O–H groups in total. The molecule has 0 unspecified atom stereocenters. The summed E-state index contributed by atoms with van der Waals surface area (Å²) in [6, 6.07) is 9.79. The lowest BCUT2D eigenvalue weighted by Crippen LogP contribution is -2.20. The number of ether oxygens (including phenoxy) is 1. The molecular weight excluding hydrogens is 435 g/mol. The standard InChI is InChI=1S/C19H22ClIN2O/c1-5-23(6-2)12-22-18-9-14(4)19(10-13(18)3)24-15-7-8-17(21)16(20)11-15/h7-12H,5-6H2,1-4H3. The fourth-order valence-corrected chi connectivity index (χ4v) is 2.73. The van der Waals surface area contributed by atoms with E-state index in [1.54, 1.807) is 0 Å². The third-order valence-corrected chi connectivity index (χ3v) is 5.36. The summed E-state index contributed by atoms with van der Waals surface area (Å²) in [5.41, 5.74) is 3.09. The first-order chi connectivity index (χ1) is 11.4. The molecule has 128 valence electrons. The van der Waals surface area contributed by atoms with Gasteiger partial charge in [-0.15, -0.1) is 0 Å². The highest BCUT2D eigenvalue weighted by molar-refractivity contribution is 14.1. The summed E-state index contributed by atoms with van der Waals surface area (Å²) in [4.78, 5) is 6.77. The van der Waals surface area contributed by atoms with Gasteiger partial charge in [0.05, 0.1) is 17.0 Å². The monoisotopic (exact) mass is 456 g/mol. The number of benzene rings is 2. The summed E-state index contributed by atoms with van der Waals surface area (Å²) in [6.07, 6.45) is 1.90. The minimum Gasteiger partial charge on any atom is -0.457 e. The Balaban J connectivity index is 2.24. The van der Waals surface area contributed by atoms with Crippen molar-refractivity contribution >= 4 is 46.2 Å². The first kappa shape index (κ1) is 19.1. The molecule has 0 saturated heterocycles. The fraction of sp³-hybridized carbons (Fsp3) is 0.316. The van der Waals surface area contributed by atoms with E-state index in [0.717, 1.165) is 45.0 Å². The van der Waals surface area contributed by atoms with Crippen molar-refractivity contribution in [1.82, 2.24) is 4.90 Å². The van der Waals surface area contributed by atoms with E-state index in [2.05, 4.69) is 52.4 Å². The van der Waals surface area contributed by atoms with E-state index in [4.69, 9.17) is 16.3 Å². The predicted molar refractivity (Wildman–Crippen MR) is 111 cm³/mol. The van der Waals surface area contributed by atoms with Crippen LogP contribution in [0.5, 0.6) is 11.5 Å². The van der Waals surface area contributed by atoms with Crippen LogP contribution in [-0.2, 0) is 0 Å². The van der Waals surface area contributed by atoms with Crippen molar-refractivity contribution in [2.75, 3.05) is 13.1 Å².